The Morgan fingerprint density at radius 1 is 1.05 bits per heavy atom. The summed E-state index contributed by atoms with van der Waals surface area (Å²) < 4.78 is 24.0. The van der Waals surface area contributed by atoms with E-state index in [9.17, 15) is 8.42 Å². The third-order valence-corrected chi connectivity index (χ3v) is 5.10. The van der Waals surface area contributed by atoms with Crippen molar-refractivity contribution < 1.29 is 8.42 Å². The lowest BCUT2D eigenvalue weighted by Gasteiger charge is -2.08. The van der Waals surface area contributed by atoms with Crippen molar-refractivity contribution in [2.75, 3.05) is 11.5 Å². The number of anilines is 2. The molecule has 0 saturated carbocycles. The Morgan fingerprint density at radius 3 is 2.15 bits per heavy atom. The van der Waals surface area contributed by atoms with Gasteiger partial charge in [0.05, 0.1) is 22.0 Å². The third-order valence-electron chi connectivity index (χ3n) is 2.93. The fourth-order valence-corrected chi connectivity index (χ4v) is 2.70. The first-order valence-electron chi connectivity index (χ1n) is 6.04. The minimum atomic E-state index is -3.27. The zero-order chi connectivity index (χ0) is 14.9. The van der Waals surface area contributed by atoms with Gasteiger partial charge in [-0.15, -0.1) is 0 Å². The van der Waals surface area contributed by atoms with Gasteiger partial charge in [-0.25, -0.2) is 18.4 Å². The second kappa shape index (κ2) is 5.09. The number of hydrogen-bond donors (Lipinski definition) is 2. The van der Waals surface area contributed by atoms with Gasteiger partial charge < -0.3 is 11.5 Å². The number of rotatable bonds is 3. The second-order valence-corrected chi connectivity index (χ2v) is 7.15. The van der Waals surface area contributed by atoms with Crippen molar-refractivity contribution in [3.05, 3.63) is 30.5 Å². The number of nitrogen functional groups attached to an aromatic ring is 2. The van der Waals surface area contributed by atoms with Gasteiger partial charge in [0.2, 0.25) is 0 Å². The molecule has 0 aliphatic carbocycles. The van der Waals surface area contributed by atoms with Gasteiger partial charge in [0.15, 0.2) is 21.5 Å². The molecule has 1 heterocycles. The summed E-state index contributed by atoms with van der Waals surface area (Å²) in [6.07, 6.45) is 1.50. The Kier molecular flexibility index (Phi) is 3.63. The molecule has 106 valence electrons. The molecule has 7 heteroatoms. The first kappa shape index (κ1) is 14.3. The monoisotopic (exact) mass is 292 g/mol. The molecule has 1 aromatic heterocycles. The number of nitrogens with two attached hydrogens (primary N) is 2. The number of sulfone groups is 1. The molecule has 6 nitrogen and oxygen atoms in total. The summed E-state index contributed by atoms with van der Waals surface area (Å²) >= 11 is 0. The van der Waals surface area contributed by atoms with Crippen LogP contribution >= 0.6 is 0 Å². The Balaban J connectivity index is 2.40. The zero-order valence-corrected chi connectivity index (χ0v) is 12.1. The van der Waals surface area contributed by atoms with Crippen molar-refractivity contribution >= 4 is 21.5 Å². The predicted octanol–water partition coefficient (Wildman–Crippen LogP) is 1.49. The van der Waals surface area contributed by atoms with E-state index in [1.807, 2.05) is 0 Å². The van der Waals surface area contributed by atoms with Crippen LogP contribution in [-0.2, 0) is 9.84 Å². The summed E-state index contributed by atoms with van der Waals surface area (Å²) in [6, 6.07) is 6.46. The van der Waals surface area contributed by atoms with E-state index in [-0.39, 0.29) is 16.5 Å². The van der Waals surface area contributed by atoms with Gasteiger partial charge in [-0.3, -0.25) is 0 Å². The molecule has 0 atom stereocenters. The highest BCUT2D eigenvalue weighted by molar-refractivity contribution is 7.92. The van der Waals surface area contributed by atoms with Gasteiger partial charge in [0.1, 0.15) is 0 Å². The molecule has 0 spiro atoms. The summed E-state index contributed by atoms with van der Waals surface area (Å²) in [5, 5.41) is -0.458. The first-order valence-corrected chi connectivity index (χ1v) is 7.59. The molecule has 0 bridgehead atoms. The standard InChI is InChI=1S/C13H16N4O2S/c1-8(2)20(18,19)10-5-3-9(4-6-10)11-7-16-12(14)13(15)17-11/h3-8H,1-2H3,(H2,14,16)(H2,15,17). The van der Waals surface area contributed by atoms with E-state index in [1.165, 1.54) is 6.20 Å². The highest BCUT2D eigenvalue weighted by Crippen LogP contribution is 2.23. The van der Waals surface area contributed by atoms with Crippen LogP contribution in [0.3, 0.4) is 0 Å². The average molecular weight is 292 g/mol. The predicted molar refractivity (Wildman–Crippen MR) is 78.6 cm³/mol. The van der Waals surface area contributed by atoms with Crippen molar-refractivity contribution in [3.8, 4) is 11.3 Å². The first-order chi connectivity index (χ1) is 9.32. The molecule has 0 unspecified atom stereocenters. The van der Waals surface area contributed by atoms with Crippen LogP contribution in [0.25, 0.3) is 11.3 Å². The molecule has 2 rings (SSSR count). The molecule has 20 heavy (non-hydrogen) atoms. The van der Waals surface area contributed by atoms with E-state index in [0.717, 1.165) is 5.56 Å². The van der Waals surface area contributed by atoms with Crippen LogP contribution in [-0.4, -0.2) is 23.6 Å². The fraction of sp³-hybridized carbons (Fsp3) is 0.231. The molecule has 0 aliphatic rings. The van der Waals surface area contributed by atoms with Crippen molar-refractivity contribution in [2.24, 2.45) is 0 Å². The number of benzene rings is 1. The highest BCUT2D eigenvalue weighted by atomic mass is 32.2. The van der Waals surface area contributed by atoms with Crippen LogP contribution in [0.5, 0.6) is 0 Å². The Hall–Kier alpha value is -2.15. The molecule has 4 N–H and O–H groups in total. The van der Waals surface area contributed by atoms with Gasteiger partial charge in [0.25, 0.3) is 0 Å². The van der Waals surface area contributed by atoms with Crippen LogP contribution in [0, 0.1) is 0 Å². The van der Waals surface area contributed by atoms with Gasteiger partial charge >= 0.3 is 0 Å². The van der Waals surface area contributed by atoms with Crippen LogP contribution in [0.1, 0.15) is 13.8 Å². The SMILES string of the molecule is CC(C)S(=O)(=O)c1ccc(-c2cnc(N)c(N)n2)cc1. The number of nitrogens with zero attached hydrogens (tertiary/aromatic N) is 2. The normalized spacial score (nSPS) is 11.8. The number of aromatic nitrogens is 2. The average Bonchev–Trinajstić information content (AvgIpc) is 2.42. The minimum absolute atomic E-state index is 0.154. The van der Waals surface area contributed by atoms with Gasteiger partial charge in [-0.05, 0) is 26.0 Å². The van der Waals surface area contributed by atoms with Crippen molar-refractivity contribution in [1.29, 1.82) is 0 Å². The van der Waals surface area contributed by atoms with Crippen LogP contribution in [0.2, 0.25) is 0 Å². The van der Waals surface area contributed by atoms with Gasteiger partial charge in [-0.2, -0.15) is 0 Å². The summed E-state index contributed by atoms with van der Waals surface area (Å²) in [6.45, 7) is 3.30. The van der Waals surface area contributed by atoms with Crippen molar-refractivity contribution in [3.63, 3.8) is 0 Å². The van der Waals surface area contributed by atoms with Crippen LogP contribution in [0.4, 0.5) is 11.6 Å². The molecule has 0 saturated heterocycles. The quantitative estimate of drug-likeness (QED) is 0.886. The smallest absolute Gasteiger partial charge is 0.180 e. The van der Waals surface area contributed by atoms with E-state index in [2.05, 4.69) is 9.97 Å². The molecule has 0 radical (unpaired) electrons. The van der Waals surface area contributed by atoms with Crippen molar-refractivity contribution in [1.82, 2.24) is 9.97 Å². The molecule has 0 aliphatic heterocycles. The molecule has 2 aromatic rings. The van der Waals surface area contributed by atoms with Crippen LogP contribution in [0.15, 0.2) is 35.4 Å². The lowest BCUT2D eigenvalue weighted by Crippen LogP contribution is -2.13. The minimum Gasteiger partial charge on any atom is -0.381 e. The van der Waals surface area contributed by atoms with E-state index >= 15 is 0 Å². The van der Waals surface area contributed by atoms with Crippen LogP contribution < -0.4 is 11.5 Å². The lowest BCUT2D eigenvalue weighted by molar-refractivity contribution is 0.587. The second-order valence-electron chi connectivity index (χ2n) is 4.64. The zero-order valence-electron chi connectivity index (χ0n) is 11.2. The number of hydrogen-bond acceptors (Lipinski definition) is 6. The summed E-state index contributed by atoms with van der Waals surface area (Å²) in [5.41, 5.74) is 12.4. The van der Waals surface area contributed by atoms with Gasteiger partial charge in [0, 0.05) is 5.56 Å². The summed E-state index contributed by atoms with van der Waals surface area (Å²) in [7, 11) is -3.27. The Morgan fingerprint density at radius 2 is 1.65 bits per heavy atom. The lowest BCUT2D eigenvalue weighted by atomic mass is 10.2. The molecular formula is C13H16N4O2S. The fourth-order valence-electron chi connectivity index (χ4n) is 1.64. The molecule has 1 aromatic carbocycles. The maximum atomic E-state index is 12.0. The largest absolute Gasteiger partial charge is 0.381 e. The van der Waals surface area contributed by atoms with Gasteiger partial charge in [-0.1, -0.05) is 12.1 Å². The third kappa shape index (κ3) is 2.57. The van der Waals surface area contributed by atoms with E-state index in [4.69, 9.17) is 11.5 Å². The summed E-state index contributed by atoms with van der Waals surface area (Å²) in [5.74, 6) is 0.328. The van der Waals surface area contributed by atoms with Crippen molar-refractivity contribution in [2.45, 2.75) is 24.0 Å². The highest BCUT2D eigenvalue weighted by Gasteiger charge is 2.18. The molecular weight excluding hydrogens is 276 g/mol. The Labute approximate surface area is 117 Å². The van der Waals surface area contributed by atoms with E-state index < -0.39 is 15.1 Å². The topological polar surface area (TPSA) is 112 Å². The maximum absolute atomic E-state index is 12.0. The molecule has 0 amide bonds. The Bertz CT molecular complexity index is 725. The maximum Gasteiger partial charge on any atom is 0.180 e. The summed E-state index contributed by atoms with van der Waals surface area (Å²) in [4.78, 5) is 8.32. The van der Waals surface area contributed by atoms with E-state index in [0.29, 0.717) is 5.69 Å². The van der Waals surface area contributed by atoms with E-state index in [1.54, 1.807) is 38.1 Å². The molecule has 0 fully saturated rings.